The summed E-state index contributed by atoms with van der Waals surface area (Å²) in [6.45, 7) is 1.63. The third-order valence-electron chi connectivity index (χ3n) is 3.80. The molecule has 0 unspecified atom stereocenters. The Labute approximate surface area is 167 Å². The zero-order valence-electron chi connectivity index (χ0n) is 15.6. The third-order valence-corrected chi connectivity index (χ3v) is 6.40. The van der Waals surface area contributed by atoms with Gasteiger partial charge in [0, 0.05) is 24.7 Å². The maximum atomic E-state index is 12.6. The number of nitrogens with one attached hydrogen (secondary N) is 2. The number of hydrogen-bond donors (Lipinski definition) is 2. The highest BCUT2D eigenvalue weighted by Gasteiger charge is 2.18. The lowest BCUT2D eigenvalue weighted by Gasteiger charge is -2.15. The second kappa shape index (κ2) is 9.35. The van der Waals surface area contributed by atoms with Gasteiger partial charge >= 0.3 is 0 Å². The zero-order chi connectivity index (χ0) is 20.9. The Hall–Kier alpha value is -2.17. The maximum Gasteiger partial charge on any atom is 0.288 e. The van der Waals surface area contributed by atoms with Crippen molar-refractivity contribution in [2.75, 3.05) is 31.3 Å². The van der Waals surface area contributed by atoms with Gasteiger partial charge in [0.15, 0.2) is 0 Å². The van der Waals surface area contributed by atoms with Crippen LogP contribution in [-0.2, 0) is 14.8 Å². The van der Waals surface area contributed by atoms with E-state index in [0.29, 0.717) is 23.1 Å². The molecule has 0 saturated heterocycles. The Morgan fingerprint density at radius 1 is 1.14 bits per heavy atom. The summed E-state index contributed by atoms with van der Waals surface area (Å²) in [6.07, 6.45) is 0. The number of nitrogens with zero attached hydrogens (tertiary/aromatic N) is 1. The van der Waals surface area contributed by atoms with Crippen molar-refractivity contribution in [3.8, 4) is 0 Å². The molecule has 6 nitrogen and oxygen atoms in total. The molecule has 0 heterocycles. The molecular formula is C18H21F2N3O3S2. The van der Waals surface area contributed by atoms with Gasteiger partial charge in [-0.05, 0) is 36.8 Å². The molecule has 0 aromatic heterocycles. The molecule has 2 aromatic carbocycles. The summed E-state index contributed by atoms with van der Waals surface area (Å²) in [5, 5.41) is 5.48. The van der Waals surface area contributed by atoms with E-state index in [-0.39, 0.29) is 16.3 Å². The number of sulfonamides is 1. The Morgan fingerprint density at radius 2 is 1.82 bits per heavy atom. The summed E-state index contributed by atoms with van der Waals surface area (Å²) in [5.74, 6) is -3.04. The van der Waals surface area contributed by atoms with Crippen molar-refractivity contribution in [3.05, 3.63) is 48.0 Å². The van der Waals surface area contributed by atoms with Crippen LogP contribution in [0, 0.1) is 6.92 Å². The van der Waals surface area contributed by atoms with Gasteiger partial charge in [0.05, 0.1) is 17.1 Å². The number of halogens is 2. The number of carbonyl (C=O) groups excluding carboxylic acids is 1. The van der Waals surface area contributed by atoms with Gasteiger partial charge in [-0.1, -0.05) is 30.0 Å². The number of anilines is 2. The average molecular weight is 430 g/mol. The van der Waals surface area contributed by atoms with Crippen LogP contribution in [0.4, 0.5) is 20.2 Å². The van der Waals surface area contributed by atoms with Gasteiger partial charge < -0.3 is 10.6 Å². The summed E-state index contributed by atoms with van der Waals surface area (Å²) in [5.41, 5.74) is 1.55. The highest BCUT2D eigenvalue weighted by Crippen LogP contribution is 2.31. The first-order valence-electron chi connectivity index (χ1n) is 8.22. The van der Waals surface area contributed by atoms with Gasteiger partial charge in [-0.15, -0.1) is 0 Å². The topological polar surface area (TPSA) is 78.5 Å². The Morgan fingerprint density at radius 3 is 2.46 bits per heavy atom. The molecule has 2 aromatic rings. The molecule has 28 heavy (non-hydrogen) atoms. The van der Waals surface area contributed by atoms with E-state index in [1.807, 2.05) is 0 Å². The standard InChI is InChI=1S/C18H21F2N3O3S2/c1-12-8-9-13(28(25,26)23(2)3)10-15(12)21-11-17(24)22-14-6-4-5-7-16(14)27-18(19)20/h4-10,18,21H,11H2,1-3H3,(H,22,24). The van der Waals surface area contributed by atoms with Crippen LogP contribution in [0.5, 0.6) is 0 Å². The number of para-hydroxylation sites is 1. The molecule has 1 amide bonds. The van der Waals surface area contributed by atoms with E-state index >= 15 is 0 Å². The number of benzene rings is 2. The molecule has 152 valence electrons. The first-order valence-corrected chi connectivity index (χ1v) is 10.5. The maximum absolute atomic E-state index is 12.6. The predicted octanol–water partition coefficient (Wildman–Crippen LogP) is 3.61. The van der Waals surface area contributed by atoms with Crippen molar-refractivity contribution in [3.63, 3.8) is 0 Å². The number of alkyl halides is 2. The van der Waals surface area contributed by atoms with Crippen molar-refractivity contribution in [2.45, 2.75) is 22.5 Å². The highest BCUT2D eigenvalue weighted by molar-refractivity contribution is 7.99. The van der Waals surface area contributed by atoms with Crippen molar-refractivity contribution in [1.82, 2.24) is 4.31 Å². The van der Waals surface area contributed by atoms with Gasteiger partial charge in [0.1, 0.15) is 0 Å². The van der Waals surface area contributed by atoms with Crippen molar-refractivity contribution in [1.29, 1.82) is 0 Å². The summed E-state index contributed by atoms with van der Waals surface area (Å²) in [6, 6.07) is 10.9. The Balaban J connectivity index is 2.10. The van der Waals surface area contributed by atoms with E-state index in [0.717, 1.165) is 9.87 Å². The minimum Gasteiger partial charge on any atom is -0.376 e. The molecule has 0 aliphatic heterocycles. The van der Waals surface area contributed by atoms with Crippen LogP contribution in [0.15, 0.2) is 52.3 Å². The molecule has 0 fully saturated rings. The van der Waals surface area contributed by atoms with Crippen molar-refractivity contribution in [2.24, 2.45) is 0 Å². The SMILES string of the molecule is Cc1ccc(S(=O)(=O)N(C)C)cc1NCC(=O)Nc1ccccc1SC(F)F. The molecule has 0 saturated carbocycles. The number of amides is 1. The van der Waals surface area contributed by atoms with Crippen LogP contribution >= 0.6 is 11.8 Å². The van der Waals surface area contributed by atoms with Crippen LogP contribution in [0.2, 0.25) is 0 Å². The highest BCUT2D eigenvalue weighted by atomic mass is 32.2. The number of thioether (sulfide) groups is 1. The minimum absolute atomic E-state index is 0.102. The second-order valence-electron chi connectivity index (χ2n) is 6.04. The van der Waals surface area contributed by atoms with E-state index in [1.54, 1.807) is 25.1 Å². The van der Waals surface area contributed by atoms with E-state index in [1.165, 1.54) is 38.4 Å². The van der Waals surface area contributed by atoms with E-state index < -0.39 is 21.7 Å². The quantitative estimate of drug-likeness (QED) is 0.627. The normalized spacial score (nSPS) is 11.7. The molecule has 0 radical (unpaired) electrons. The smallest absolute Gasteiger partial charge is 0.288 e. The number of carbonyl (C=O) groups is 1. The lowest BCUT2D eigenvalue weighted by Crippen LogP contribution is -2.24. The first kappa shape index (κ1) is 22.1. The van der Waals surface area contributed by atoms with Crippen LogP contribution in [0.25, 0.3) is 0 Å². The molecular weight excluding hydrogens is 408 g/mol. The minimum atomic E-state index is -3.60. The largest absolute Gasteiger partial charge is 0.376 e. The fourth-order valence-corrected chi connectivity index (χ4v) is 3.82. The van der Waals surface area contributed by atoms with Gasteiger partial charge in [-0.25, -0.2) is 12.7 Å². The van der Waals surface area contributed by atoms with Crippen molar-refractivity contribution < 1.29 is 22.0 Å². The number of aryl methyl sites for hydroxylation is 1. The third kappa shape index (κ3) is 5.66. The zero-order valence-corrected chi connectivity index (χ0v) is 17.2. The summed E-state index contributed by atoms with van der Waals surface area (Å²) in [7, 11) is -0.731. The van der Waals surface area contributed by atoms with Gasteiger partial charge in [0.2, 0.25) is 15.9 Å². The monoisotopic (exact) mass is 429 g/mol. The molecule has 0 spiro atoms. The fourth-order valence-electron chi connectivity index (χ4n) is 2.30. The molecule has 2 rings (SSSR count). The van der Waals surface area contributed by atoms with Crippen LogP contribution < -0.4 is 10.6 Å². The molecule has 0 aliphatic rings. The molecule has 0 aliphatic carbocycles. The van der Waals surface area contributed by atoms with Gasteiger partial charge in [0.25, 0.3) is 5.76 Å². The fraction of sp³-hybridized carbons (Fsp3) is 0.278. The Bertz CT molecular complexity index is 951. The average Bonchev–Trinajstić information content (AvgIpc) is 2.62. The van der Waals surface area contributed by atoms with Crippen LogP contribution in [0.1, 0.15) is 5.56 Å². The molecule has 2 N–H and O–H groups in total. The van der Waals surface area contributed by atoms with Gasteiger partial charge in [-0.3, -0.25) is 4.79 Å². The summed E-state index contributed by atoms with van der Waals surface area (Å²) in [4.78, 5) is 12.6. The summed E-state index contributed by atoms with van der Waals surface area (Å²) >= 11 is 0.352. The van der Waals surface area contributed by atoms with Gasteiger partial charge in [-0.2, -0.15) is 8.78 Å². The molecule has 0 bridgehead atoms. The second-order valence-corrected chi connectivity index (χ2v) is 9.22. The molecule has 0 atom stereocenters. The first-order chi connectivity index (χ1) is 13.1. The van der Waals surface area contributed by atoms with E-state index in [9.17, 15) is 22.0 Å². The lowest BCUT2D eigenvalue weighted by atomic mass is 10.2. The van der Waals surface area contributed by atoms with E-state index in [2.05, 4.69) is 10.6 Å². The number of rotatable bonds is 8. The van der Waals surface area contributed by atoms with Crippen LogP contribution in [-0.4, -0.2) is 45.0 Å². The summed E-state index contributed by atoms with van der Waals surface area (Å²) < 4.78 is 50.9. The Kier molecular flexibility index (Phi) is 7.39. The van der Waals surface area contributed by atoms with Crippen molar-refractivity contribution >= 4 is 39.1 Å². The predicted molar refractivity (Wildman–Crippen MR) is 107 cm³/mol. The molecule has 10 heteroatoms. The van der Waals surface area contributed by atoms with Crippen LogP contribution in [0.3, 0.4) is 0 Å². The number of hydrogen-bond acceptors (Lipinski definition) is 5. The lowest BCUT2D eigenvalue weighted by molar-refractivity contribution is -0.114. The van der Waals surface area contributed by atoms with E-state index in [4.69, 9.17) is 0 Å².